The molecule has 0 aliphatic rings. The van der Waals surface area contributed by atoms with Crippen LogP contribution in [0, 0.1) is 0 Å². The Morgan fingerprint density at radius 3 is 3.06 bits per heavy atom. The van der Waals surface area contributed by atoms with Crippen LogP contribution in [0.2, 0.25) is 0 Å². The van der Waals surface area contributed by atoms with Crippen LogP contribution < -0.4 is 10.1 Å². The minimum absolute atomic E-state index is 0.852. The predicted octanol–water partition coefficient (Wildman–Crippen LogP) is 1.78. The summed E-state index contributed by atoms with van der Waals surface area (Å²) in [5.74, 6) is 1.82. The van der Waals surface area contributed by atoms with Crippen LogP contribution in [0.4, 0.5) is 0 Å². The second-order valence-electron chi connectivity index (χ2n) is 3.78. The molecule has 0 spiro atoms. The van der Waals surface area contributed by atoms with Crippen LogP contribution >= 0.6 is 0 Å². The highest BCUT2D eigenvalue weighted by Crippen LogP contribution is 2.22. The maximum atomic E-state index is 5.22. The zero-order valence-corrected chi connectivity index (χ0v) is 10.2. The van der Waals surface area contributed by atoms with Gasteiger partial charge in [0, 0.05) is 31.0 Å². The molecular weight excluding hydrogens is 214 g/mol. The first-order valence-corrected chi connectivity index (χ1v) is 5.65. The van der Waals surface area contributed by atoms with Crippen molar-refractivity contribution in [1.29, 1.82) is 0 Å². The molecule has 0 saturated heterocycles. The largest absolute Gasteiger partial charge is 0.497 e. The van der Waals surface area contributed by atoms with Crippen LogP contribution in [0.25, 0.3) is 11.4 Å². The molecule has 0 unspecified atom stereocenters. The van der Waals surface area contributed by atoms with E-state index in [9.17, 15) is 0 Å². The molecule has 1 aromatic heterocycles. The van der Waals surface area contributed by atoms with Gasteiger partial charge in [0.15, 0.2) is 0 Å². The van der Waals surface area contributed by atoms with E-state index in [2.05, 4.69) is 14.9 Å². The summed E-state index contributed by atoms with van der Waals surface area (Å²) in [6.45, 7) is 1.83. The third kappa shape index (κ3) is 2.65. The first-order valence-electron chi connectivity index (χ1n) is 5.65. The van der Waals surface area contributed by atoms with E-state index in [0.717, 1.165) is 30.2 Å². The molecule has 4 nitrogen and oxygen atoms in total. The number of benzene rings is 1. The van der Waals surface area contributed by atoms with Crippen molar-refractivity contribution in [3.05, 3.63) is 36.7 Å². The first-order chi connectivity index (χ1) is 8.35. The van der Waals surface area contributed by atoms with Crippen molar-refractivity contribution < 1.29 is 4.74 Å². The van der Waals surface area contributed by atoms with E-state index in [-0.39, 0.29) is 0 Å². The monoisotopic (exact) mass is 231 g/mol. The topological polar surface area (TPSA) is 39.1 Å². The SMILES string of the molecule is CNCCn1ccnc1-c1cccc(OC)c1. The molecule has 17 heavy (non-hydrogen) atoms. The van der Waals surface area contributed by atoms with Crippen LogP contribution in [0.15, 0.2) is 36.7 Å². The molecule has 1 heterocycles. The van der Waals surface area contributed by atoms with Gasteiger partial charge in [-0.2, -0.15) is 0 Å². The molecule has 0 bridgehead atoms. The van der Waals surface area contributed by atoms with Crippen molar-refractivity contribution in [2.24, 2.45) is 0 Å². The van der Waals surface area contributed by atoms with E-state index in [0.29, 0.717) is 0 Å². The Balaban J connectivity index is 2.28. The lowest BCUT2D eigenvalue weighted by molar-refractivity contribution is 0.415. The van der Waals surface area contributed by atoms with Gasteiger partial charge in [-0.25, -0.2) is 4.98 Å². The third-order valence-corrected chi connectivity index (χ3v) is 2.65. The van der Waals surface area contributed by atoms with Crippen LogP contribution in [-0.2, 0) is 6.54 Å². The fourth-order valence-electron chi connectivity index (χ4n) is 1.74. The van der Waals surface area contributed by atoms with Gasteiger partial charge in [0.05, 0.1) is 7.11 Å². The quantitative estimate of drug-likeness (QED) is 0.852. The standard InChI is InChI=1S/C13H17N3O/c1-14-6-8-16-9-7-15-13(16)11-4-3-5-12(10-11)17-2/h3-5,7,9-10,14H,6,8H2,1-2H3. The van der Waals surface area contributed by atoms with Crippen molar-refractivity contribution >= 4 is 0 Å². The first kappa shape index (κ1) is 11.7. The fraction of sp³-hybridized carbons (Fsp3) is 0.308. The molecule has 0 aliphatic heterocycles. The molecule has 1 N–H and O–H groups in total. The summed E-state index contributed by atoms with van der Waals surface area (Å²) in [6, 6.07) is 7.95. The summed E-state index contributed by atoms with van der Waals surface area (Å²) in [4.78, 5) is 4.39. The van der Waals surface area contributed by atoms with Crippen molar-refractivity contribution in [1.82, 2.24) is 14.9 Å². The minimum Gasteiger partial charge on any atom is -0.497 e. The number of ether oxygens (including phenoxy) is 1. The third-order valence-electron chi connectivity index (χ3n) is 2.65. The van der Waals surface area contributed by atoms with Gasteiger partial charge >= 0.3 is 0 Å². The average Bonchev–Trinajstić information content (AvgIpc) is 2.84. The number of nitrogens with one attached hydrogen (secondary N) is 1. The second-order valence-corrected chi connectivity index (χ2v) is 3.78. The van der Waals surface area contributed by atoms with Crippen LogP contribution in [-0.4, -0.2) is 30.3 Å². The predicted molar refractivity (Wildman–Crippen MR) is 68.1 cm³/mol. The molecule has 0 atom stereocenters. The second kappa shape index (κ2) is 5.50. The van der Waals surface area contributed by atoms with E-state index >= 15 is 0 Å². The maximum absolute atomic E-state index is 5.22. The van der Waals surface area contributed by atoms with Gasteiger partial charge in [-0.15, -0.1) is 0 Å². The molecular formula is C13H17N3O. The average molecular weight is 231 g/mol. The highest BCUT2D eigenvalue weighted by Gasteiger charge is 2.06. The maximum Gasteiger partial charge on any atom is 0.140 e. The van der Waals surface area contributed by atoms with Gasteiger partial charge in [-0.1, -0.05) is 12.1 Å². The Morgan fingerprint density at radius 2 is 2.29 bits per heavy atom. The summed E-state index contributed by atoms with van der Waals surface area (Å²) in [5.41, 5.74) is 1.07. The lowest BCUT2D eigenvalue weighted by atomic mass is 10.2. The Bertz CT molecular complexity index is 479. The molecule has 90 valence electrons. The molecule has 1 aromatic carbocycles. The molecule has 0 radical (unpaired) electrons. The highest BCUT2D eigenvalue weighted by atomic mass is 16.5. The van der Waals surface area contributed by atoms with Crippen LogP contribution in [0.1, 0.15) is 0 Å². The summed E-state index contributed by atoms with van der Waals surface area (Å²) < 4.78 is 7.35. The van der Waals surface area contributed by atoms with E-state index in [1.165, 1.54) is 0 Å². The number of rotatable bonds is 5. The van der Waals surface area contributed by atoms with Gasteiger partial charge in [0.1, 0.15) is 11.6 Å². The number of nitrogens with zero attached hydrogens (tertiary/aromatic N) is 2. The number of imidazole rings is 1. The lowest BCUT2D eigenvalue weighted by Crippen LogP contribution is -2.15. The number of hydrogen-bond acceptors (Lipinski definition) is 3. The number of aromatic nitrogens is 2. The minimum atomic E-state index is 0.852. The van der Waals surface area contributed by atoms with Crippen LogP contribution in [0.5, 0.6) is 5.75 Å². The van der Waals surface area contributed by atoms with Gasteiger partial charge in [-0.3, -0.25) is 0 Å². The number of hydrogen-bond donors (Lipinski definition) is 1. The smallest absolute Gasteiger partial charge is 0.140 e. The number of methoxy groups -OCH3 is 1. The summed E-state index contributed by atoms with van der Waals surface area (Å²) in [6.07, 6.45) is 3.82. The Morgan fingerprint density at radius 1 is 1.41 bits per heavy atom. The highest BCUT2D eigenvalue weighted by molar-refractivity contribution is 5.58. The summed E-state index contributed by atoms with van der Waals surface area (Å²) in [7, 11) is 3.62. The lowest BCUT2D eigenvalue weighted by Gasteiger charge is -2.08. The van der Waals surface area contributed by atoms with Crippen molar-refractivity contribution in [2.45, 2.75) is 6.54 Å². The molecule has 2 aromatic rings. The summed E-state index contributed by atoms with van der Waals surface area (Å²) >= 11 is 0. The fourth-order valence-corrected chi connectivity index (χ4v) is 1.74. The molecule has 4 heteroatoms. The van der Waals surface area contributed by atoms with Gasteiger partial charge in [-0.05, 0) is 19.2 Å². The Kier molecular flexibility index (Phi) is 3.77. The zero-order valence-electron chi connectivity index (χ0n) is 10.2. The van der Waals surface area contributed by atoms with E-state index in [4.69, 9.17) is 4.74 Å². The molecule has 0 aliphatic carbocycles. The molecule has 2 rings (SSSR count). The van der Waals surface area contributed by atoms with E-state index < -0.39 is 0 Å². The van der Waals surface area contributed by atoms with Gasteiger partial charge in [0.2, 0.25) is 0 Å². The van der Waals surface area contributed by atoms with E-state index in [1.54, 1.807) is 7.11 Å². The van der Waals surface area contributed by atoms with Gasteiger partial charge < -0.3 is 14.6 Å². The van der Waals surface area contributed by atoms with Crippen molar-refractivity contribution in [2.75, 3.05) is 20.7 Å². The van der Waals surface area contributed by atoms with Gasteiger partial charge in [0.25, 0.3) is 0 Å². The molecule has 0 amide bonds. The Hall–Kier alpha value is -1.81. The van der Waals surface area contributed by atoms with Crippen molar-refractivity contribution in [3.63, 3.8) is 0 Å². The Labute approximate surface area is 101 Å². The summed E-state index contributed by atoms with van der Waals surface area (Å²) in [5, 5.41) is 3.13. The normalized spacial score (nSPS) is 10.5. The van der Waals surface area contributed by atoms with Crippen molar-refractivity contribution in [3.8, 4) is 17.1 Å². The number of likely N-dealkylation sites (N-methyl/N-ethyl adjacent to an activating group) is 1. The van der Waals surface area contributed by atoms with Crippen LogP contribution in [0.3, 0.4) is 0 Å². The molecule has 0 saturated carbocycles. The van der Waals surface area contributed by atoms with E-state index in [1.807, 2.05) is 43.7 Å². The molecule has 0 fully saturated rings. The zero-order chi connectivity index (χ0) is 12.1.